The first-order valence-corrected chi connectivity index (χ1v) is 11.9. The number of halogens is 4. The van der Waals surface area contributed by atoms with Crippen LogP contribution in [0.2, 0.25) is 0 Å². The zero-order valence-electron chi connectivity index (χ0n) is 20.4. The van der Waals surface area contributed by atoms with Crippen LogP contribution in [0.3, 0.4) is 0 Å². The molecule has 38 heavy (non-hydrogen) atoms. The lowest BCUT2D eigenvalue weighted by molar-refractivity contribution is 0.106. The Bertz CT molecular complexity index is 1490. The quantitative estimate of drug-likeness (QED) is 0.173. The van der Waals surface area contributed by atoms with Crippen molar-refractivity contribution in [3.63, 3.8) is 0 Å². The second-order valence-electron chi connectivity index (χ2n) is 8.27. The summed E-state index contributed by atoms with van der Waals surface area (Å²) < 4.78 is 65.6. The van der Waals surface area contributed by atoms with E-state index in [1.54, 1.807) is 13.0 Å². The van der Waals surface area contributed by atoms with Crippen LogP contribution in [0.25, 0.3) is 11.0 Å². The molecule has 3 aromatic heterocycles. The molecular formula is C23H22F4N8O2S. The van der Waals surface area contributed by atoms with Crippen molar-refractivity contribution in [2.75, 3.05) is 12.4 Å². The van der Waals surface area contributed by atoms with Crippen LogP contribution in [0, 0.1) is 18.6 Å². The molecule has 0 aliphatic carbocycles. The minimum absolute atomic E-state index is 0.0135. The van der Waals surface area contributed by atoms with Crippen LogP contribution in [0.4, 0.5) is 29.1 Å². The van der Waals surface area contributed by atoms with E-state index >= 15 is 0 Å². The number of aryl methyl sites for hydroxylation is 1. The summed E-state index contributed by atoms with van der Waals surface area (Å²) in [5.41, 5.74) is 6.12. The summed E-state index contributed by atoms with van der Waals surface area (Å²) in [5, 5.41) is 6.44. The van der Waals surface area contributed by atoms with Gasteiger partial charge in [0.2, 0.25) is 5.88 Å². The van der Waals surface area contributed by atoms with Crippen molar-refractivity contribution in [1.82, 2.24) is 25.1 Å². The van der Waals surface area contributed by atoms with Crippen LogP contribution in [-0.2, 0) is 13.0 Å². The number of hydrogen-bond donors (Lipinski definition) is 2. The van der Waals surface area contributed by atoms with E-state index in [2.05, 4.69) is 35.4 Å². The van der Waals surface area contributed by atoms with Crippen molar-refractivity contribution in [2.45, 2.75) is 38.0 Å². The molecule has 3 N–H and O–H groups in total. The predicted octanol–water partition coefficient (Wildman–Crippen LogP) is 4.56. The van der Waals surface area contributed by atoms with Crippen LogP contribution in [0.5, 0.6) is 5.88 Å². The summed E-state index contributed by atoms with van der Waals surface area (Å²) >= 11 is 0.594. The average Bonchev–Trinajstić information content (AvgIpc) is 3.30. The molecule has 0 aliphatic heterocycles. The van der Waals surface area contributed by atoms with Crippen LogP contribution >= 0.6 is 11.8 Å². The molecule has 0 fully saturated rings. The third-order valence-electron chi connectivity index (χ3n) is 5.28. The number of ether oxygens (including phenoxy) is 1. The maximum atomic E-state index is 14.6. The van der Waals surface area contributed by atoms with Gasteiger partial charge in [0, 0.05) is 25.0 Å². The largest absolute Gasteiger partial charge is 0.466 e. The number of nitrogens with one attached hydrogen (secondary N) is 1. The molecule has 0 aliphatic rings. The highest BCUT2D eigenvalue weighted by Crippen LogP contribution is 2.37. The number of amidine groups is 1. The van der Waals surface area contributed by atoms with Gasteiger partial charge in [-0.15, -0.1) is 0 Å². The standard InChI is InChI=1S/C23H22F4N8O2S/c1-11-32-17(37-35-11)10-36-16-9-31-19-15(34-16)4-5-30-20(19)33-13-6-12(18(25)14(24)7-13)8-23(2,21(26)27)38-22(28)29-3/h4-7,9,21H,8,10H2,1-3H3,(H2,28,29)(H,30,33)/t23-/m1/s1. The molecule has 1 aromatic carbocycles. The fourth-order valence-corrected chi connectivity index (χ4v) is 4.31. The van der Waals surface area contributed by atoms with Crippen LogP contribution in [0.1, 0.15) is 24.2 Å². The van der Waals surface area contributed by atoms with Gasteiger partial charge in [-0.1, -0.05) is 16.9 Å². The number of rotatable bonds is 9. The van der Waals surface area contributed by atoms with Gasteiger partial charge in [0.05, 0.1) is 16.5 Å². The summed E-state index contributed by atoms with van der Waals surface area (Å²) in [7, 11) is 1.35. The first-order chi connectivity index (χ1) is 18.1. The lowest BCUT2D eigenvalue weighted by Gasteiger charge is -2.28. The van der Waals surface area contributed by atoms with Crippen molar-refractivity contribution in [3.05, 3.63) is 59.5 Å². The number of aliphatic imine (C=N–C) groups is 1. The smallest absolute Gasteiger partial charge is 0.264 e. The molecule has 0 bridgehead atoms. The van der Waals surface area contributed by atoms with Crippen molar-refractivity contribution in [2.24, 2.45) is 10.7 Å². The van der Waals surface area contributed by atoms with Gasteiger partial charge in [0.25, 0.3) is 12.3 Å². The van der Waals surface area contributed by atoms with E-state index in [0.717, 1.165) is 6.07 Å². The Balaban J connectivity index is 1.59. The number of pyridine rings is 1. The zero-order valence-corrected chi connectivity index (χ0v) is 21.2. The summed E-state index contributed by atoms with van der Waals surface area (Å²) in [4.78, 5) is 20.6. The van der Waals surface area contributed by atoms with Gasteiger partial charge in [0.1, 0.15) is 5.52 Å². The monoisotopic (exact) mass is 550 g/mol. The molecule has 4 aromatic rings. The fourth-order valence-electron chi connectivity index (χ4n) is 3.43. The summed E-state index contributed by atoms with van der Waals surface area (Å²) in [5.74, 6) is -1.37. The molecule has 0 unspecified atom stereocenters. The molecular weight excluding hydrogens is 528 g/mol. The molecule has 200 valence electrons. The highest BCUT2D eigenvalue weighted by Gasteiger charge is 2.38. The van der Waals surface area contributed by atoms with Gasteiger partial charge < -0.3 is 20.3 Å². The minimum atomic E-state index is -2.90. The molecule has 1 atom stereocenters. The molecule has 0 saturated heterocycles. The van der Waals surface area contributed by atoms with Crippen LogP contribution in [-0.4, -0.2) is 48.5 Å². The number of nitrogens with two attached hydrogens (primary N) is 1. The van der Waals surface area contributed by atoms with Gasteiger partial charge in [-0.25, -0.2) is 32.5 Å². The van der Waals surface area contributed by atoms with Gasteiger partial charge in [0.15, 0.2) is 35.1 Å². The Morgan fingerprint density at radius 2 is 2.05 bits per heavy atom. The number of benzene rings is 1. The highest BCUT2D eigenvalue weighted by atomic mass is 32.2. The Morgan fingerprint density at radius 3 is 2.74 bits per heavy atom. The van der Waals surface area contributed by atoms with E-state index in [0.29, 0.717) is 28.6 Å². The summed E-state index contributed by atoms with van der Waals surface area (Å²) in [6.45, 7) is 2.87. The summed E-state index contributed by atoms with van der Waals surface area (Å²) in [6.07, 6.45) is -0.641. The van der Waals surface area contributed by atoms with Crippen molar-refractivity contribution >= 4 is 39.5 Å². The highest BCUT2D eigenvalue weighted by molar-refractivity contribution is 8.15. The lowest BCUT2D eigenvalue weighted by Crippen LogP contribution is -2.36. The van der Waals surface area contributed by atoms with Crippen molar-refractivity contribution in [1.29, 1.82) is 0 Å². The van der Waals surface area contributed by atoms with Gasteiger partial charge in [-0.2, -0.15) is 4.98 Å². The first kappa shape index (κ1) is 27.0. The Hall–Kier alpha value is -4.01. The van der Waals surface area contributed by atoms with E-state index in [4.69, 9.17) is 15.0 Å². The number of thioether (sulfide) groups is 1. The number of alkyl halides is 2. The van der Waals surface area contributed by atoms with Crippen molar-refractivity contribution < 1.29 is 26.8 Å². The van der Waals surface area contributed by atoms with E-state index in [-0.39, 0.29) is 40.6 Å². The molecule has 0 saturated carbocycles. The normalized spacial score (nSPS) is 13.6. The number of nitrogens with zero attached hydrogens (tertiary/aromatic N) is 6. The van der Waals surface area contributed by atoms with Gasteiger partial charge >= 0.3 is 0 Å². The fraction of sp³-hybridized carbons (Fsp3) is 0.304. The Kier molecular flexibility index (Phi) is 7.94. The molecule has 15 heteroatoms. The third kappa shape index (κ3) is 6.10. The number of anilines is 2. The molecule has 10 nitrogen and oxygen atoms in total. The number of hydrogen-bond acceptors (Lipinski definition) is 10. The molecule has 0 radical (unpaired) electrons. The Morgan fingerprint density at radius 1 is 1.26 bits per heavy atom. The SMILES string of the molecule is C/N=C(/N)S[C@](C)(Cc1cc(Nc2nccc3nc(OCc4nc(C)no4)cnc23)cc(F)c1F)C(F)F. The zero-order chi connectivity index (χ0) is 27.4. The lowest BCUT2D eigenvalue weighted by atomic mass is 9.99. The van der Waals surface area contributed by atoms with Crippen LogP contribution < -0.4 is 15.8 Å². The summed E-state index contributed by atoms with van der Waals surface area (Å²) in [6, 6.07) is 3.71. The predicted molar refractivity (Wildman–Crippen MR) is 134 cm³/mol. The van der Waals surface area contributed by atoms with Gasteiger partial charge in [-0.05, 0) is 38.0 Å². The molecule has 0 amide bonds. The van der Waals surface area contributed by atoms with E-state index in [1.165, 1.54) is 32.4 Å². The van der Waals surface area contributed by atoms with Crippen LogP contribution in [0.15, 0.2) is 40.1 Å². The van der Waals surface area contributed by atoms with E-state index in [1.807, 2.05) is 0 Å². The maximum absolute atomic E-state index is 14.6. The second kappa shape index (κ2) is 11.2. The topological polar surface area (TPSA) is 137 Å². The molecule has 3 heterocycles. The van der Waals surface area contributed by atoms with Crippen molar-refractivity contribution in [3.8, 4) is 5.88 Å². The Labute approximate surface area is 218 Å². The van der Waals surface area contributed by atoms with E-state index < -0.39 is 29.2 Å². The molecule has 4 rings (SSSR count). The second-order valence-corrected chi connectivity index (χ2v) is 9.82. The van der Waals surface area contributed by atoms with Gasteiger partial charge in [-0.3, -0.25) is 4.99 Å². The first-order valence-electron chi connectivity index (χ1n) is 11.1. The minimum Gasteiger partial charge on any atom is -0.466 e. The number of fused-ring (bicyclic) bond motifs is 1. The third-order valence-corrected chi connectivity index (χ3v) is 6.46. The number of aromatic nitrogens is 5. The maximum Gasteiger partial charge on any atom is 0.264 e. The molecule has 0 spiro atoms. The average molecular weight is 551 g/mol. The van der Waals surface area contributed by atoms with E-state index in [9.17, 15) is 17.6 Å².